The summed E-state index contributed by atoms with van der Waals surface area (Å²) in [5.74, 6) is -1.83. The molecule has 0 fully saturated rings. The molecule has 1 rings (SSSR count). The highest BCUT2D eigenvalue weighted by Crippen LogP contribution is 2.17. The molecule has 4 heteroatoms. The summed E-state index contributed by atoms with van der Waals surface area (Å²) in [5.41, 5.74) is 0.294. The van der Waals surface area contributed by atoms with E-state index in [1.165, 1.54) is 6.07 Å². The minimum Gasteiger partial charge on any atom is -0.387 e. The van der Waals surface area contributed by atoms with Gasteiger partial charge < -0.3 is 10.4 Å². The zero-order chi connectivity index (χ0) is 13.1. The Kier molecular flexibility index (Phi) is 4.60. The quantitative estimate of drug-likeness (QED) is 0.833. The third-order valence-electron chi connectivity index (χ3n) is 2.99. The highest BCUT2D eigenvalue weighted by atomic mass is 19.2. The molecule has 0 saturated carbocycles. The van der Waals surface area contributed by atoms with Crippen molar-refractivity contribution in [1.82, 2.24) is 5.32 Å². The van der Waals surface area contributed by atoms with Gasteiger partial charge in [0.15, 0.2) is 11.6 Å². The molecular formula is C13H19F2NO. The summed E-state index contributed by atoms with van der Waals surface area (Å²) < 4.78 is 25.7. The van der Waals surface area contributed by atoms with Gasteiger partial charge in [-0.2, -0.15) is 0 Å². The number of hydrogen-bond donors (Lipinski definition) is 2. The lowest BCUT2D eigenvalue weighted by Crippen LogP contribution is -2.40. The third-order valence-corrected chi connectivity index (χ3v) is 2.99. The van der Waals surface area contributed by atoms with E-state index in [2.05, 4.69) is 5.32 Å². The van der Waals surface area contributed by atoms with Crippen LogP contribution in [0.3, 0.4) is 0 Å². The molecule has 0 aromatic heterocycles. The van der Waals surface area contributed by atoms with Crippen molar-refractivity contribution < 1.29 is 13.9 Å². The lowest BCUT2D eigenvalue weighted by molar-refractivity contribution is 0.159. The molecule has 0 amide bonds. The van der Waals surface area contributed by atoms with Crippen molar-refractivity contribution in [3.8, 4) is 0 Å². The Balaban J connectivity index is 2.64. The number of rotatable bonds is 5. The molecule has 2 nitrogen and oxygen atoms in total. The fraction of sp³-hybridized carbons (Fsp3) is 0.538. The van der Waals surface area contributed by atoms with Crippen LogP contribution in [0, 0.1) is 11.6 Å². The van der Waals surface area contributed by atoms with Gasteiger partial charge in [0.05, 0.1) is 6.10 Å². The number of halogens is 2. The van der Waals surface area contributed by atoms with Crippen LogP contribution >= 0.6 is 0 Å². The van der Waals surface area contributed by atoms with E-state index in [4.69, 9.17) is 0 Å². The smallest absolute Gasteiger partial charge is 0.159 e. The molecule has 0 heterocycles. The molecule has 1 atom stereocenters. The lowest BCUT2D eigenvalue weighted by Gasteiger charge is -2.26. The summed E-state index contributed by atoms with van der Waals surface area (Å²) in [6.45, 7) is 6.39. The highest BCUT2D eigenvalue weighted by molar-refractivity contribution is 5.20. The van der Waals surface area contributed by atoms with Gasteiger partial charge in [-0.1, -0.05) is 13.0 Å². The van der Waals surface area contributed by atoms with E-state index < -0.39 is 17.7 Å². The molecule has 0 saturated heterocycles. The Morgan fingerprint density at radius 1 is 1.29 bits per heavy atom. The molecule has 1 aromatic carbocycles. The first-order valence-electron chi connectivity index (χ1n) is 5.74. The molecular weight excluding hydrogens is 224 g/mol. The largest absolute Gasteiger partial charge is 0.387 e. The average molecular weight is 243 g/mol. The Morgan fingerprint density at radius 2 is 1.94 bits per heavy atom. The predicted octanol–water partition coefficient (Wildman–Crippen LogP) is 2.78. The van der Waals surface area contributed by atoms with Crippen molar-refractivity contribution in [3.63, 3.8) is 0 Å². The summed E-state index contributed by atoms with van der Waals surface area (Å²) in [7, 11) is 0. The van der Waals surface area contributed by atoms with Crippen LogP contribution < -0.4 is 5.32 Å². The van der Waals surface area contributed by atoms with Crippen molar-refractivity contribution in [1.29, 1.82) is 0 Å². The zero-order valence-corrected chi connectivity index (χ0v) is 10.4. The van der Waals surface area contributed by atoms with Crippen LogP contribution in [-0.2, 0) is 0 Å². The Bertz CT molecular complexity index is 380. The maximum Gasteiger partial charge on any atom is 0.159 e. The lowest BCUT2D eigenvalue weighted by atomic mass is 10.0. The molecule has 0 spiro atoms. The fourth-order valence-electron chi connectivity index (χ4n) is 1.34. The summed E-state index contributed by atoms with van der Waals surface area (Å²) in [6.07, 6.45) is 0.0771. The maximum absolute atomic E-state index is 13.0. The van der Waals surface area contributed by atoms with Crippen molar-refractivity contribution in [2.24, 2.45) is 0 Å². The van der Waals surface area contributed by atoms with E-state index in [9.17, 15) is 13.9 Å². The van der Waals surface area contributed by atoms with E-state index in [-0.39, 0.29) is 5.54 Å². The van der Waals surface area contributed by atoms with Gasteiger partial charge in [0.1, 0.15) is 0 Å². The van der Waals surface area contributed by atoms with E-state index >= 15 is 0 Å². The van der Waals surface area contributed by atoms with Gasteiger partial charge in [0.25, 0.3) is 0 Å². The van der Waals surface area contributed by atoms with Crippen LogP contribution in [0.4, 0.5) is 8.78 Å². The third kappa shape index (κ3) is 4.06. The standard InChI is InChI=1S/C13H19F2NO/c1-4-13(2,3)16-8-12(17)9-5-6-10(14)11(15)7-9/h5-7,12,16-17H,4,8H2,1-3H3. The minimum absolute atomic E-state index is 0.0838. The van der Waals surface area contributed by atoms with Crippen molar-refractivity contribution in [2.45, 2.75) is 38.8 Å². The van der Waals surface area contributed by atoms with E-state index in [0.717, 1.165) is 18.6 Å². The number of β-amino-alcohol motifs (C(OH)–C–C–N with tert-alkyl or cyclic N) is 1. The predicted molar refractivity (Wildman–Crippen MR) is 63.7 cm³/mol. The SMILES string of the molecule is CCC(C)(C)NCC(O)c1ccc(F)c(F)c1. The Labute approximate surface area is 101 Å². The summed E-state index contributed by atoms with van der Waals surface area (Å²) in [5, 5.41) is 13.0. The van der Waals surface area contributed by atoms with Gasteiger partial charge in [-0.15, -0.1) is 0 Å². The van der Waals surface area contributed by atoms with Crippen LogP contribution in [0.25, 0.3) is 0 Å². The number of benzene rings is 1. The first-order valence-corrected chi connectivity index (χ1v) is 5.74. The second kappa shape index (κ2) is 5.56. The van der Waals surface area contributed by atoms with Crippen LogP contribution in [0.2, 0.25) is 0 Å². The van der Waals surface area contributed by atoms with Gasteiger partial charge in [0, 0.05) is 12.1 Å². The number of aliphatic hydroxyl groups excluding tert-OH is 1. The van der Waals surface area contributed by atoms with Gasteiger partial charge in [0.2, 0.25) is 0 Å². The van der Waals surface area contributed by atoms with Gasteiger partial charge in [-0.3, -0.25) is 0 Å². The molecule has 17 heavy (non-hydrogen) atoms. The second-order valence-electron chi connectivity index (χ2n) is 4.81. The summed E-state index contributed by atoms with van der Waals surface area (Å²) in [4.78, 5) is 0. The molecule has 0 aliphatic heterocycles. The van der Waals surface area contributed by atoms with Crippen molar-refractivity contribution in [3.05, 3.63) is 35.4 Å². The fourth-order valence-corrected chi connectivity index (χ4v) is 1.34. The monoisotopic (exact) mass is 243 g/mol. The number of nitrogens with one attached hydrogen (secondary N) is 1. The van der Waals surface area contributed by atoms with Gasteiger partial charge in [-0.25, -0.2) is 8.78 Å². The minimum atomic E-state index is -0.934. The molecule has 0 aliphatic rings. The topological polar surface area (TPSA) is 32.3 Å². The molecule has 96 valence electrons. The molecule has 1 unspecified atom stereocenters. The van der Waals surface area contributed by atoms with Crippen LogP contribution in [0.5, 0.6) is 0 Å². The number of aliphatic hydroxyl groups is 1. The van der Waals surface area contributed by atoms with E-state index in [1.54, 1.807) is 0 Å². The first kappa shape index (κ1) is 14.1. The average Bonchev–Trinajstić information content (AvgIpc) is 2.30. The molecule has 1 aromatic rings. The van der Waals surface area contributed by atoms with E-state index in [1.807, 2.05) is 20.8 Å². The Morgan fingerprint density at radius 3 is 2.47 bits per heavy atom. The zero-order valence-electron chi connectivity index (χ0n) is 10.4. The highest BCUT2D eigenvalue weighted by Gasteiger charge is 2.17. The van der Waals surface area contributed by atoms with E-state index in [0.29, 0.717) is 12.1 Å². The van der Waals surface area contributed by atoms with Crippen molar-refractivity contribution >= 4 is 0 Å². The second-order valence-corrected chi connectivity index (χ2v) is 4.81. The van der Waals surface area contributed by atoms with Crippen LogP contribution in [0.1, 0.15) is 38.9 Å². The van der Waals surface area contributed by atoms with Gasteiger partial charge in [-0.05, 0) is 38.0 Å². The van der Waals surface area contributed by atoms with Crippen molar-refractivity contribution in [2.75, 3.05) is 6.54 Å². The van der Waals surface area contributed by atoms with Gasteiger partial charge >= 0.3 is 0 Å². The summed E-state index contributed by atoms with van der Waals surface area (Å²) in [6, 6.07) is 3.45. The molecule has 0 bridgehead atoms. The van der Waals surface area contributed by atoms with Crippen LogP contribution in [0.15, 0.2) is 18.2 Å². The molecule has 2 N–H and O–H groups in total. The summed E-state index contributed by atoms with van der Waals surface area (Å²) >= 11 is 0. The first-order chi connectivity index (χ1) is 7.85. The van der Waals surface area contributed by atoms with Crippen LogP contribution in [-0.4, -0.2) is 17.2 Å². The number of hydrogen-bond acceptors (Lipinski definition) is 2. The molecule has 0 radical (unpaired) electrons. The maximum atomic E-state index is 13.0. The molecule has 0 aliphatic carbocycles. The Hall–Kier alpha value is -1.00. The normalized spacial score (nSPS) is 13.8.